The van der Waals surface area contributed by atoms with Gasteiger partial charge >= 0.3 is 11.6 Å². The zero-order valence-corrected chi connectivity index (χ0v) is 16.7. The summed E-state index contributed by atoms with van der Waals surface area (Å²) in [6, 6.07) is 21.4. The molecular weight excluding hydrogens is 396 g/mol. The predicted molar refractivity (Wildman–Crippen MR) is 115 cm³/mol. The fourth-order valence-corrected chi connectivity index (χ4v) is 3.08. The maximum atomic E-state index is 12.4. The van der Waals surface area contributed by atoms with Crippen LogP contribution < -0.4 is 15.1 Å². The minimum atomic E-state index is -0.471. The summed E-state index contributed by atoms with van der Waals surface area (Å²) in [6.45, 7) is 1.63. The van der Waals surface area contributed by atoms with Crippen LogP contribution in [0.1, 0.15) is 26.3 Å². The Morgan fingerprint density at radius 1 is 0.839 bits per heavy atom. The Bertz CT molecular complexity index is 1300. The standard InChI is InChI=1S/C25H18O6/c1-16-13-24(27)31-23-14-20(11-12-21(16)23)29-15-22(26)17-7-9-19(10-8-17)30-25(28)18-5-3-2-4-6-18/h2-14H,15H2,1H3. The van der Waals surface area contributed by atoms with Crippen LogP contribution >= 0.6 is 0 Å². The van der Waals surface area contributed by atoms with E-state index in [1.165, 1.54) is 6.07 Å². The predicted octanol–water partition coefficient (Wildman–Crippen LogP) is 4.58. The maximum absolute atomic E-state index is 12.4. The molecule has 1 heterocycles. The Morgan fingerprint density at radius 3 is 2.29 bits per heavy atom. The summed E-state index contributed by atoms with van der Waals surface area (Å²) < 4.78 is 16.1. The molecule has 0 aliphatic carbocycles. The molecule has 6 heteroatoms. The van der Waals surface area contributed by atoms with Gasteiger partial charge in [-0.05, 0) is 61.0 Å². The van der Waals surface area contributed by atoms with E-state index < -0.39 is 11.6 Å². The number of hydrogen-bond acceptors (Lipinski definition) is 6. The van der Waals surface area contributed by atoms with E-state index in [1.54, 1.807) is 66.7 Å². The average Bonchev–Trinajstić information content (AvgIpc) is 2.78. The van der Waals surface area contributed by atoms with Gasteiger partial charge in [0.1, 0.15) is 17.1 Å². The van der Waals surface area contributed by atoms with Gasteiger partial charge < -0.3 is 13.9 Å². The molecule has 0 amide bonds. The van der Waals surface area contributed by atoms with Crippen LogP contribution in [0, 0.1) is 6.92 Å². The number of ether oxygens (including phenoxy) is 2. The van der Waals surface area contributed by atoms with Crippen molar-refractivity contribution in [2.24, 2.45) is 0 Å². The van der Waals surface area contributed by atoms with E-state index in [1.807, 2.05) is 13.0 Å². The first kappa shape index (κ1) is 20.1. The Hall–Kier alpha value is -4.19. The summed E-state index contributed by atoms with van der Waals surface area (Å²) >= 11 is 0. The van der Waals surface area contributed by atoms with Crippen molar-refractivity contribution in [3.8, 4) is 11.5 Å². The first-order valence-electron chi connectivity index (χ1n) is 9.57. The number of hydrogen-bond donors (Lipinski definition) is 0. The second-order valence-electron chi connectivity index (χ2n) is 6.90. The lowest BCUT2D eigenvalue weighted by molar-refractivity contribution is 0.0734. The van der Waals surface area contributed by atoms with Crippen LogP contribution in [-0.2, 0) is 0 Å². The second kappa shape index (κ2) is 8.67. The molecule has 31 heavy (non-hydrogen) atoms. The lowest BCUT2D eigenvalue weighted by atomic mass is 10.1. The molecule has 0 unspecified atom stereocenters. The van der Waals surface area contributed by atoms with E-state index in [0.29, 0.717) is 28.2 Å². The Morgan fingerprint density at radius 2 is 1.55 bits per heavy atom. The normalized spacial score (nSPS) is 10.6. The van der Waals surface area contributed by atoms with Crippen LogP contribution in [0.3, 0.4) is 0 Å². The lowest BCUT2D eigenvalue weighted by Crippen LogP contribution is -2.12. The van der Waals surface area contributed by atoms with Crippen LogP contribution in [0.2, 0.25) is 0 Å². The molecule has 0 saturated heterocycles. The summed E-state index contributed by atoms with van der Waals surface area (Å²) in [4.78, 5) is 36.1. The molecule has 4 rings (SSSR count). The molecule has 0 aliphatic rings. The Balaban J connectivity index is 1.39. The average molecular weight is 414 g/mol. The van der Waals surface area contributed by atoms with Gasteiger partial charge in [0.05, 0.1) is 5.56 Å². The first-order chi connectivity index (χ1) is 15.0. The molecule has 0 spiro atoms. The monoisotopic (exact) mass is 414 g/mol. The van der Waals surface area contributed by atoms with Gasteiger partial charge in [0, 0.05) is 23.1 Å². The molecule has 6 nitrogen and oxygen atoms in total. The van der Waals surface area contributed by atoms with E-state index in [0.717, 1.165) is 10.9 Å². The van der Waals surface area contributed by atoms with Gasteiger partial charge in [-0.2, -0.15) is 0 Å². The number of carbonyl (C=O) groups excluding carboxylic acids is 2. The first-order valence-corrected chi connectivity index (χ1v) is 9.57. The van der Waals surface area contributed by atoms with Gasteiger partial charge in [-0.15, -0.1) is 0 Å². The van der Waals surface area contributed by atoms with Gasteiger partial charge in [0.15, 0.2) is 12.4 Å². The number of ketones is 1. The van der Waals surface area contributed by atoms with Gasteiger partial charge in [0.2, 0.25) is 0 Å². The minimum absolute atomic E-state index is 0.190. The summed E-state index contributed by atoms with van der Waals surface area (Å²) in [5.41, 5.74) is 1.63. The van der Waals surface area contributed by atoms with Crippen molar-refractivity contribution in [1.82, 2.24) is 0 Å². The molecule has 4 aromatic rings. The summed E-state index contributed by atoms with van der Waals surface area (Å²) in [6.07, 6.45) is 0. The number of fused-ring (bicyclic) bond motifs is 1. The van der Waals surface area contributed by atoms with E-state index in [9.17, 15) is 14.4 Å². The van der Waals surface area contributed by atoms with Crippen LogP contribution in [0.4, 0.5) is 0 Å². The fraction of sp³-hybridized carbons (Fsp3) is 0.0800. The highest BCUT2D eigenvalue weighted by Gasteiger charge is 2.11. The van der Waals surface area contributed by atoms with Crippen molar-refractivity contribution in [2.45, 2.75) is 6.92 Å². The van der Waals surface area contributed by atoms with Crippen molar-refractivity contribution in [3.05, 3.63) is 106 Å². The number of rotatable bonds is 6. The van der Waals surface area contributed by atoms with Crippen molar-refractivity contribution in [1.29, 1.82) is 0 Å². The summed E-state index contributed by atoms with van der Waals surface area (Å²) in [7, 11) is 0. The van der Waals surface area contributed by atoms with Crippen LogP contribution in [0.15, 0.2) is 88.1 Å². The molecule has 0 saturated carbocycles. The quantitative estimate of drug-likeness (QED) is 0.199. The van der Waals surface area contributed by atoms with E-state index in [2.05, 4.69) is 0 Å². The van der Waals surface area contributed by atoms with E-state index in [4.69, 9.17) is 13.9 Å². The number of benzene rings is 3. The highest BCUT2D eigenvalue weighted by molar-refractivity contribution is 5.97. The van der Waals surface area contributed by atoms with Crippen LogP contribution in [-0.4, -0.2) is 18.4 Å². The molecule has 0 radical (unpaired) electrons. The van der Waals surface area contributed by atoms with Crippen molar-refractivity contribution in [2.75, 3.05) is 6.61 Å². The molecule has 0 atom stereocenters. The third-order valence-corrected chi connectivity index (χ3v) is 4.69. The molecule has 0 bridgehead atoms. The Kier molecular flexibility index (Phi) is 5.62. The van der Waals surface area contributed by atoms with Gasteiger partial charge in [-0.1, -0.05) is 18.2 Å². The number of Topliss-reactive ketones (excluding diaryl/α,β-unsaturated/α-hetero) is 1. The second-order valence-corrected chi connectivity index (χ2v) is 6.90. The molecule has 0 N–H and O–H groups in total. The van der Waals surface area contributed by atoms with Crippen LogP contribution in [0.5, 0.6) is 11.5 Å². The minimum Gasteiger partial charge on any atom is -0.485 e. The molecule has 0 fully saturated rings. The summed E-state index contributed by atoms with van der Waals surface area (Å²) in [5, 5.41) is 0.805. The number of carbonyl (C=O) groups is 2. The SMILES string of the molecule is Cc1cc(=O)oc2cc(OCC(=O)c3ccc(OC(=O)c4ccccc4)cc3)ccc12. The third kappa shape index (κ3) is 4.70. The lowest BCUT2D eigenvalue weighted by Gasteiger charge is -2.08. The molecule has 3 aromatic carbocycles. The van der Waals surface area contributed by atoms with Crippen molar-refractivity contribution in [3.63, 3.8) is 0 Å². The smallest absolute Gasteiger partial charge is 0.343 e. The van der Waals surface area contributed by atoms with Gasteiger partial charge in [-0.3, -0.25) is 4.79 Å². The van der Waals surface area contributed by atoms with Crippen LogP contribution in [0.25, 0.3) is 11.0 Å². The molecule has 1 aromatic heterocycles. The largest absolute Gasteiger partial charge is 0.485 e. The van der Waals surface area contributed by atoms with Gasteiger partial charge in [-0.25, -0.2) is 9.59 Å². The maximum Gasteiger partial charge on any atom is 0.343 e. The molecule has 0 aliphatic heterocycles. The number of aryl methyl sites for hydroxylation is 1. The number of esters is 1. The molecular formula is C25H18O6. The Labute approximate surface area is 177 Å². The zero-order valence-electron chi connectivity index (χ0n) is 16.7. The van der Waals surface area contributed by atoms with Crippen molar-refractivity contribution >= 4 is 22.7 Å². The van der Waals surface area contributed by atoms with E-state index >= 15 is 0 Å². The zero-order chi connectivity index (χ0) is 21.8. The summed E-state index contributed by atoms with van der Waals surface area (Å²) in [5.74, 6) is 0.0437. The van der Waals surface area contributed by atoms with E-state index in [-0.39, 0.29) is 12.4 Å². The highest BCUT2D eigenvalue weighted by atomic mass is 16.5. The molecule has 154 valence electrons. The fourth-order valence-electron chi connectivity index (χ4n) is 3.08. The topological polar surface area (TPSA) is 82.8 Å². The third-order valence-electron chi connectivity index (χ3n) is 4.69. The highest BCUT2D eigenvalue weighted by Crippen LogP contribution is 2.22. The van der Waals surface area contributed by atoms with Crippen molar-refractivity contribution < 1.29 is 23.5 Å². The van der Waals surface area contributed by atoms with Gasteiger partial charge in [0.25, 0.3) is 0 Å².